The molecule has 0 aliphatic carbocycles. The Kier molecular flexibility index (Phi) is 2.71. The van der Waals surface area contributed by atoms with Crippen LogP contribution < -0.4 is 9.47 Å². The van der Waals surface area contributed by atoms with Crippen molar-refractivity contribution in [3.8, 4) is 11.5 Å². The summed E-state index contributed by atoms with van der Waals surface area (Å²) in [4.78, 5) is 0. The number of rotatable bonds is 1. The van der Waals surface area contributed by atoms with Gasteiger partial charge in [0.15, 0.2) is 17.3 Å². The molecule has 1 unspecified atom stereocenters. The number of benzene rings is 1. The molecule has 0 spiro atoms. The zero-order valence-electron chi connectivity index (χ0n) is 8.09. The zero-order valence-corrected chi connectivity index (χ0v) is 8.84. The highest BCUT2D eigenvalue weighted by molar-refractivity contribution is 6.32. The van der Waals surface area contributed by atoms with Crippen molar-refractivity contribution in [1.29, 1.82) is 0 Å². The average Bonchev–Trinajstić information content (AvgIpc) is 2.23. The number of hydrogen-bond acceptors (Lipinski definition) is 3. The Morgan fingerprint density at radius 2 is 2.13 bits per heavy atom. The van der Waals surface area contributed by atoms with Crippen LogP contribution >= 0.6 is 11.6 Å². The molecule has 1 aromatic carbocycles. The first-order valence-electron chi connectivity index (χ1n) is 4.57. The van der Waals surface area contributed by atoms with E-state index in [0.29, 0.717) is 19.0 Å². The van der Waals surface area contributed by atoms with Gasteiger partial charge >= 0.3 is 0 Å². The maximum absolute atomic E-state index is 13.6. The first kappa shape index (κ1) is 10.5. The molecule has 0 aromatic heterocycles. The van der Waals surface area contributed by atoms with Gasteiger partial charge < -0.3 is 14.6 Å². The second-order valence-corrected chi connectivity index (χ2v) is 3.67. The fourth-order valence-electron chi connectivity index (χ4n) is 1.45. The maximum Gasteiger partial charge on any atom is 0.182 e. The number of halogens is 2. The van der Waals surface area contributed by atoms with Gasteiger partial charge in [-0.15, -0.1) is 0 Å². The molecule has 1 aliphatic rings. The van der Waals surface area contributed by atoms with Crippen LogP contribution in [0.15, 0.2) is 6.07 Å². The Morgan fingerprint density at radius 1 is 1.47 bits per heavy atom. The summed E-state index contributed by atoms with van der Waals surface area (Å²) in [6.45, 7) is 2.21. The lowest BCUT2D eigenvalue weighted by Crippen LogP contribution is -2.16. The number of hydrogen-bond donors (Lipinski definition) is 1. The lowest BCUT2D eigenvalue weighted by atomic mass is 10.1. The Morgan fingerprint density at radius 3 is 2.80 bits per heavy atom. The van der Waals surface area contributed by atoms with E-state index in [1.807, 2.05) is 0 Å². The van der Waals surface area contributed by atoms with E-state index >= 15 is 0 Å². The van der Waals surface area contributed by atoms with E-state index in [2.05, 4.69) is 0 Å². The smallest absolute Gasteiger partial charge is 0.182 e. The van der Waals surface area contributed by atoms with Crippen molar-refractivity contribution >= 4 is 11.6 Å². The molecule has 0 radical (unpaired) electrons. The normalized spacial score (nSPS) is 16.3. The van der Waals surface area contributed by atoms with Gasteiger partial charge in [-0.1, -0.05) is 11.6 Å². The molecule has 0 amide bonds. The van der Waals surface area contributed by atoms with E-state index in [-0.39, 0.29) is 16.3 Å². The Balaban J connectivity index is 2.57. The monoisotopic (exact) mass is 232 g/mol. The van der Waals surface area contributed by atoms with Crippen LogP contribution in [0.4, 0.5) is 4.39 Å². The molecule has 1 aliphatic heterocycles. The molecular weight excluding hydrogens is 223 g/mol. The topological polar surface area (TPSA) is 38.7 Å². The van der Waals surface area contributed by atoms with Crippen molar-refractivity contribution in [2.45, 2.75) is 13.0 Å². The number of aliphatic hydroxyl groups excluding tert-OH is 1. The maximum atomic E-state index is 13.6. The van der Waals surface area contributed by atoms with E-state index in [4.69, 9.17) is 21.1 Å². The molecule has 0 saturated carbocycles. The lowest BCUT2D eigenvalue weighted by Gasteiger charge is -2.21. The van der Waals surface area contributed by atoms with Gasteiger partial charge in [-0.2, -0.15) is 0 Å². The highest BCUT2D eigenvalue weighted by Gasteiger charge is 2.23. The van der Waals surface area contributed by atoms with Crippen molar-refractivity contribution < 1.29 is 19.0 Å². The second kappa shape index (κ2) is 3.87. The van der Waals surface area contributed by atoms with Crippen LogP contribution in [-0.2, 0) is 0 Å². The summed E-state index contributed by atoms with van der Waals surface area (Å²) in [5.41, 5.74) is 0.115. The van der Waals surface area contributed by atoms with E-state index in [9.17, 15) is 9.50 Å². The Bertz CT molecular complexity index is 393. The van der Waals surface area contributed by atoms with E-state index in [0.717, 1.165) is 0 Å². The van der Waals surface area contributed by atoms with Crippen molar-refractivity contribution in [2.75, 3.05) is 13.2 Å². The van der Waals surface area contributed by atoms with E-state index in [1.54, 1.807) is 0 Å². The van der Waals surface area contributed by atoms with Gasteiger partial charge in [0.2, 0.25) is 0 Å². The predicted molar refractivity (Wildman–Crippen MR) is 53.0 cm³/mol. The zero-order chi connectivity index (χ0) is 11.0. The second-order valence-electron chi connectivity index (χ2n) is 3.29. The van der Waals surface area contributed by atoms with Crippen LogP contribution in [0.1, 0.15) is 18.6 Å². The Labute approximate surface area is 91.4 Å². The van der Waals surface area contributed by atoms with Crippen molar-refractivity contribution in [3.63, 3.8) is 0 Å². The number of aliphatic hydroxyl groups is 1. The van der Waals surface area contributed by atoms with Gasteiger partial charge in [-0.25, -0.2) is 4.39 Å². The third-order valence-electron chi connectivity index (χ3n) is 2.19. The van der Waals surface area contributed by atoms with Gasteiger partial charge in [-0.3, -0.25) is 0 Å². The molecule has 1 N–H and O–H groups in total. The molecule has 15 heavy (non-hydrogen) atoms. The minimum atomic E-state index is -0.932. The van der Waals surface area contributed by atoms with Crippen molar-refractivity contribution in [1.82, 2.24) is 0 Å². The van der Waals surface area contributed by atoms with Crippen LogP contribution in [0.25, 0.3) is 0 Å². The van der Waals surface area contributed by atoms with Crippen LogP contribution in [0.5, 0.6) is 11.5 Å². The summed E-state index contributed by atoms with van der Waals surface area (Å²) < 4.78 is 24.1. The molecule has 0 saturated heterocycles. The molecule has 1 atom stereocenters. The summed E-state index contributed by atoms with van der Waals surface area (Å²) in [5, 5.41) is 9.20. The number of fused-ring (bicyclic) bond motifs is 1. The fraction of sp³-hybridized carbons (Fsp3) is 0.400. The quantitative estimate of drug-likeness (QED) is 0.808. The first-order valence-corrected chi connectivity index (χ1v) is 4.94. The summed E-state index contributed by atoms with van der Waals surface area (Å²) >= 11 is 5.77. The van der Waals surface area contributed by atoms with E-state index < -0.39 is 11.9 Å². The largest absolute Gasteiger partial charge is 0.486 e. The van der Waals surface area contributed by atoms with Crippen molar-refractivity contribution in [2.24, 2.45) is 0 Å². The first-order chi connectivity index (χ1) is 7.11. The summed E-state index contributed by atoms with van der Waals surface area (Å²) in [6, 6.07) is 1.42. The van der Waals surface area contributed by atoms with Crippen LogP contribution in [-0.4, -0.2) is 18.3 Å². The minimum Gasteiger partial charge on any atom is -0.486 e. The molecule has 2 rings (SSSR count). The molecular formula is C10H10ClFO3. The predicted octanol–water partition coefficient (Wildman–Crippen LogP) is 2.30. The minimum absolute atomic E-state index is 0.115. The average molecular weight is 233 g/mol. The SMILES string of the molecule is CC(O)c1cc2c(c(Cl)c1F)OCCO2. The van der Waals surface area contributed by atoms with Crippen molar-refractivity contribution in [3.05, 3.63) is 22.5 Å². The molecule has 3 nitrogen and oxygen atoms in total. The van der Waals surface area contributed by atoms with Crippen LogP contribution in [0, 0.1) is 5.82 Å². The third-order valence-corrected chi connectivity index (χ3v) is 2.53. The molecule has 1 aromatic rings. The van der Waals surface area contributed by atoms with Gasteiger partial charge in [0.25, 0.3) is 0 Å². The van der Waals surface area contributed by atoms with E-state index in [1.165, 1.54) is 13.0 Å². The molecule has 5 heteroatoms. The fourth-order valence-corrected chi connectivity index (χ4v) is 1.70. The highest BCUT2D eigenvalue weighted by atomic mass is 35.5. The molecule has 82 valence electrons. The summed E-state index contributed by atoms with van der Waals surface area (Å²) in [5.74, 6) is -0.0655. The summed E-state index contributed by atoms with van der Waals surface area (Å²) in [6.07, 6.45) is -0.932. The standard InChI is InChI=1S/C10H10ClFO3/c1-5(13)6-4-7-10(8(11)9(6)12)15-3-2-14-7/h4-5,13H,2-3H2,1H3. The highest BCUT2D eigenvalue weighted by Crippen LogP contribution is 2.41. The molecule has 0 bridgehead atoms. The number of ether oxygens (including phenoxy) is 2. The lowest BCUT2D eigenvalue weighted by molar-refractivity contribution is 0.166. The van der Waals surface area contributed by atoms with Gasteiger partial charge in [0, 0.05) is 5.56 Å². The third kappa shape index (κ3) is 1.75. The van der Waals surface area contributed by atoms with Gasteiger partial charge in [0.05, 0.1) is 6.10 Å². The van der Waals surface area contributed by atoms with Crippen LogP contribution in [0.2, 0.25) is 5.02 Å². The van der Waals surface area contributed by atoms with Crippen LogP contribution in [0.3, 0.4) is 0 Å². The Hall–Kier alpha value is -1.00. The van der Waals surface area contributed by atoms with Gasteiger partial charge in [-0.05, 0) is 13.0 Å². The molecule has 0 fully saturated rings. The van der Waals surface area contributed by atoms with Gasteiger partial charge in [0.1, 0.15) is 18.2 Å². The summed E-state index contributed by atoms with van der Waals surface area (Å²) in [7, 11) is 0. The molecule has 1 heterocycles.